The average molecular weight is 496 g/mol. The van der Waals surface area contributed by atoms with Gasteiger partial charge in [-0.3, -0.25) is 4.79 Å². The number of ether oxygens (including phenoxy) is 4. The molecule has 0 atom stereocenters. The Morgan fingerprint density at radius 3 is 2.17 bits per heavy atom. The third kappa shape index (κ3) is 5.59. The molecule has 1 heterocycles. The number of rotatable bonds is 8. The van der Waals surface area contributed by atoms with Crippen LogP contribution in [0.3, 0.4) is 0 Å². The van der Waals surface area contributed by atoms with E-state index < -0.39 is 11.8 Å². The number of carboxylic acids is 1. The Bertz CT molecular complexity index is 1330. The van der Waals surface area contributed by atoms with Gasteiger partial charge in [0.25, 0.3) is 0 Å². The molecule has 1 aliphatic heterocycles. The molecule has 7 nitrogen and oxygen atoms in total. The van der Waals surface area contributed by atoms with E-state index in [0.29, 0.717) is 34.1 Å². The summed E-state index contributed by atoms with van der Waals surface area (Å²) in [5.74, 6) is 0.352. The molecule has 0 saturated heterocycles. The summed E-state index contributed by atoms with van der Waals surface area (Å²) in [6.07, 6.45) is 0.0826. The molecule has 0 N–H and O–H groups in total. The molecule has 1 aliphatic rings. The molecule has 0 radical (unpaired) electrons. The third-order valence-corrected chi connectivity index (χ3v) is 6.01. The zero-order valence-corrected chi connectivity index (χ0v) is 23.0. The van der Waals surface area contributed by atoms with Crippen LogP contribution in [-0.4, -0.2) is 32.8 Å². The second-order valence-corrected chi connectivity index (χ2v) is 8.19. The number of carbonyl (C=O) groups excluding carboxylic acids is 2. The Morgan fingerprint density at radius 1 is 0.861 bits per heavy atom. The first kappa shape index (κ1) is 27.3. The van der Waals surface area contributed by atoms with Crippen molar-refractivity contribution in [2.24, 2.45) is 0 Å². The van der Waals surface area contributed by atoms with Gasteiger partial charge in [0.15, 0.2) is 17.3 Å². The summed E-state index contributed by atoms with van der Waals surface area (Å²) < 4.78 is 21.4. The molecular formula is C28H25NaO7. The van der Waals surface area contributed by atoms with Crippen molar-refractivity contribution in [1.29, 1.82) is 0 Å². The van der Waals surface area contributed by atoms with E-state index in [4.69, 9.17) is 18.9 Å². The van der Waals surface area contributed by atoms with Gasteiger partial charge >= 0.3 is 29.6 Å². The summed E-state index contributed by atoms with van der Waals surface area (Å²) in [5.41, 5.74) is 3.09. The number of fused-ring (bicyclic) bond motifs is 1. The van der Waals surface area contributed by atoms with Crippen molar-refractivity contribution in [3.05, 3.63) is 88.0 Å². The van der Waals surface area contributed by atoms with Crippen molar-refractivity contribution >= 4 is 17.3 Å². The molecule has 0 amide bonds. The molecule has 8 heteroatoms. The fourth-order valence-corrected chi connectivity index (χ4v) is 4.12. The van der Waals surface area contributed by atoms with E-state index in [0.717, 1.165) is 16.7 Å². The Hall–Kier alpha value is -3.26. The van der Waals surface area contributed by atoms with Gasteiger partial charge in [0.1, 0.15) is 11.5 Å². The predicted molar refractivity (Wildman–Crippen MR) is 128 cm³/mol. The van der Waals surface area contributed by atoms with Crippen LogP contribution >= 0.6 is 0 Å². The largest absolute Gasteiger partial charge is 1.00 e. The third-order valence-electron chi connectivity index (χ3n) is 6.01. The molecule has 0 saturated carbocycles. The molecule has 36 heavy (non-hydrogen) atoms. The Labute approximate surface area is 231 Å². The van der Waals surface area contributed by atoms with Gasteiger partial charge in [0.2, 0.25) is 6.79 Å². The fourth-order valence-electron chi connectivity index (χ4n) is 4.12. The van der Waals surface area contributed by atoms with Crippen LogP contribution in [-0.2, 0) is 11.2 Å². The maximum absolute atomic E-state index is 13.8. The zero-order valence-electron chi connectivity index (χ0n) is 21.0. The average Bonchev–Trinajstić information content (AvgIpc) is 3.33. The normalized spacial score (nSPS) is 12.3. The smallest absolute Gasteiger partial charge is 0.545 e. The molecule has 180 valence electrons. The number of aliphatic carboxylic acids is 1. The van der Waals surface area contributed by atoms with Crippen molar-refractivity contribution in [3.8, 4) is 23.0 Å². The Balaban J connectivity index is 0.00000361. The van der Waals surface area contributed by atoms with Gasteiger partial charge < -0.3 is 28.8 Å². The van der Waals surface area contributed by atoms with Crippen molar-refractivity contribution < 1.29 is 63.2 Å². The second kappa shape index (κ2) is 11.6. The topological polar surface area (TPSA) is 94.1 Å². The minimum Gasteiger partial charge on any atom is -0.545 e. The van der Waals surface area contributed by atoms with Gasteiger partial charge in [0, 0.05) is 23.1 Å². The summed E-state index contributed by atoms with van der Waals surface area (Å²) in [4.78, 5) is 26.2. The first-order valence-electron chi connectivity index (χ1n) is 11.0. The Morgan fingerprint density at radius 2 is 1.53 bits per heavy atom. The van der Waals surface area contributed by atoms with Crippen LogP contribution in [0, 0.1) is 13.8 Å². The first-order chi connectivity index (χ1) is 16.8. The summed E-state index contributed by atoms with van der Waals surface area (Å²) in [6.45, 7) is 3.84. The van der Waals surface area contributed by atoms with Gasteiger partial charge in [-0.15, -0.1) is 0 Å². The molecule has 4 rings (SSSR count). The van der Waals surface area contributed by atoms with Crippen molar-refractivity contribution in [2.75, 3.05) is 21.0 Å². The van der Waals surface area contributed by atoms with E-state index in [1.807, 2.05) is 26.0 Å². The second-order valence-electron chi connectivity index (χ2n) is 8.19. The first-order valence-corrected chi connectivity index (χ1v) is 11.0. The van der Waals surface area contributed by atoms with Crippen LogP contribution in [0.2, 0.25) is 0 Å². The van der Waals surface area contributed by atoms with Crippen LogP contribution in [0.15, 0.2) is 60.2 Å². The molecule has 0 bridgehead atoms. The minimum atomic E-state index is -1.45. The number of ketones is 1. The van der Waals surface area contributed by atoms with E-state index in [2.05, 4.69) is 0 Å². The number of carbonyl (C=O) groups is 2. The van der Waals surface area contributed by atoms with Crippen LogP contribution < -0.4 is 53.6 Å². The number of methoxy groups -OCH3 is 2. The van der Waals surface area contributed by atoms with Gasteiger partial charge in [-0.25, -0.2) is 0 Å². The van der Waals surface area contributed by atoms with Crippen LogP contribution in [0.1, 0.15) is 32.6 Å². The summed E-state index contributed by atoms with van der Waals surface area (Å²) in [5, 5.41) is 12.5. The van der Waals surface area contributed by atoms with Crippen LogP contribution in [0.25, 0.3) is 5.57 Å². The molecular weight excluding hydrogens is 471 g/mol. The maximum atomic E-state index is 13.8. The molecule has 0 aromatic heterocycles. The molecule has 0 spiro atoms. The molecule has 3 aromatic carbocycles. The van der Waals surface area contributed by atoms with Gasteiger partial charge in [-0.05, 0) is 78.6 Å². The number of aryl methyl sites for hydroxylation is 2. The van der Waals surface area contributed by atoms with Crippen molar-refractivity contribution in [3.63, 3.8) is 0 Å². The summed E-state index contributed by atoms with van der Waals surface area (Å²) in [6, 6.07) is 15.1. The monoisotopic (exact) mass is 496 g/mol. The Kier molecular flexibility index (Phi) is 8.84. The number of allylic oxidation sites excluding steroid dienone is 1. The molecule has 3 aromatic rings. The standard InChI is InChI=1S/C28H26O7.Na/c1-16-12-24(33-4)17(2)11-20(16)13-22(27(29)18-5-8-21(32-3)9-6-18)26(28(30)31)19-7-10-23-25(14-19)35-15-34-23;/h5-12,14H,13,15H2,1-4H3,(H,30,31);/q;+1/p-1/b26-22-;. The van der Waals surface area contributed by atoms with E-state index in [9.17, 15) is 14.7 Å². The van der Waals surface area contributed by atoms with Crippen LogP contribution in [0.5, 0.6) is 23.0 Å². The minimum absolute atomic E-state index is 0. The molecule has 0 unspecified atom stereocenters. The number of hydrogen-bond donors (Lipinski definition) is 0. The SMILES string of the molecule is COc1ccc(C(=O)/C(Cc2cc(C)c(OC)cc2C)=C(\C(=O)[O-])c2ccc3c(c2)OCO3)cc1.[Na+]. The molecule has 0 aliphatic carbocycles. The van der Waals surface area contributed by atoms with E-state index >= 15 is 0 Å². The van der Waals surface area contributed by atoms with Gasteiger partial charge in [-0.2, -0.15) is 0 Å². The maximum Gasteiger partial charge on any atom is 1.00 e. The quantitative estimate of drug-likeness (QED) is 0.257. The number of benzene rings is 3. The summed E-state index contributed by atoms with van der Waals surface area (Å²) >= 11 is 0. The van der Waals surface area contributed by atoms with E-state index in [1.54, 1.807) is 49.6 Å². The predicted octanol–water partition coefficient (Wildman–Crippen LogP) is 0.682. The van der Waals surface area contributed by atoms with Crippen LogP contribution in [0.4, 0.5) is 0 Å². The van der Waals surface area contributed by atoms with Crippen molar-refractivity contribution in [2.45, 2.75) is 20.3 Å². The molecule has 0 fully saturated rings. The van der Waals surface area contributed by atoms with Gasteiger partial charge in [0.05, 0.1) is 20.2 Å². The number of carboxylic acid groups (broad SMARTS) is 1. The number of Topliss-reactive ketones (excluding diaryl/α,β-unsaturated/α-hetero) is 1. The number of hydrogen-bond acceptors (Lipinski definition) is 7. The summed E-state index contributed by atoms with van der Waals surface area (Å²) in [7, 11) is 3.12. The van der Waals surface area contributed by atoms with Crippen molar-refractivity contribution in [1.82, 2.24) is 0 Å². The zero-order chi connectivity index (χ0) is 25.1. The fraction of sp³-hybridized carbons (Fsp3) is 0.214. The van der Waals surface area contributed by atoms with Gasteiger partial charge in [-0.1, -0.05) is 12.1 Å². The van der Waals surface area contributed by atoms with E-state index in [1.165, 1.54) is 7.11 Å². The van der Waals surface area contributed by atoms with E-state index in [-0.39, 0.29) is 53.9 Å².